The molecule has 736 valence electrons. The summed E-state index contributed by atoms with van der Waals surface area (Å²) in [6.07, 6.45) is 97.4. The van der Waals surface area contributed by atoms with Crippen molar-refractivity contribution in [1.29, 1.82) is 0 Å². The Morgan fingerprint density at radius 2 is 0.323 bits per heavy atom. The number of hydrogen-bond donors (Lipinski definition) is 0. The van der Waals surface area contributed by atoms with Crippen molar-refractivity contribution in [2.45, 2.75) is 569 Å². The van der Waals surface area contributed by atoms with Gasteiger partial charge >= 0.3 is 23.9 Å². The molecular formula is C112H220N4O8. The first-order chi connectivity index (χ1) is 61.1. The minimum Gasteiger partial charge on any atom is -0.465 e. The summed E-state index contributed by atoms with van der Waals surface area (Å²) >= 11 is 0. The highest BCUT2D eigenvalue weighted by atomic mass is 16.5. The number of nitrogens with zero attached hydrogens (tertiary/aromatic N) is 4. The second-order valence-electron chi connectivity index (χ2n) is 39.8. The van der Waals surface area contributed by atoms with Crippen LogP contribution in [0.15, 0.2) is 0 Å². The zero-order valence-electron chi connectivity index (χ0n) is 85.2. The van der Waals surface area contributed by atoms with E-state index in [9.17, 15) is 19.2 Å². The molecule has 1 fully saturated rings. The minimum atomic E-state index is 0.0652. The van der Waals surface area contributed by atoms with Gasteiger partial charge in [0, 0.05) is 52.4 Å². The van der Waals surface area contributed by atoms with Crippen molar-refractivity contribution in [2.24, 2.45) is 23.7 Å². The molecule has 0 aromatic carbocycles. The summed E-state index contributed by atoms with van der Waals surface area (Å²) in [4.78, 5) is 65.7. The third kappa shape index (κ3) is 79.5. The van der Waals surface area contributed by atoms with Crippen molar-refractivity contribution >= 4 is 23.9 Å². The Bertz CT molecular complexity index is 1900. The van der Waals surface area contributed by atoms with Gasteiger partial charge in [0.15, 0.2) is 0 Å². The molecule has 0 saturated carbocycles. The molecule has 124 heavy (non-hydrogen) atoms. The predicted octanol–water partition coefficient (Wildman–Crippen LogP) is 33.2. The summed E-state index contributed by atoms with van der Waals surface area (Å²) in [6.45, 7) is 33.9. The molecule has 0 amide bonds. The summed E-state index contributed by atoms with van der Waals surface area (Å²) in [5.74, 6) is 0.563. The van der Waals surface area contributed by atoms with E-state index in [1.807, 2.05) is 0 Å². The maximum atomic E-state index is 13.7. The molecular weight excluding hydrogens is 1530 g/mol. The van der Waals surface area contributed by atoms with Gasteiger partial charge in [-0.25, -0.2) is 0 Å². The fourth-order valence-corrected chi connectivity index (χ4v) is 19.1. The summed E-state index contributed by atoms with van der Waals surface area (Å²) in [7, 11) is 0. The van der Waals surface area contributed by atoms with Gasteiger partial charge in [0.2, 0.25) is 0 Å². The molecule has 4 unspecified atom stereocenters. The van der Waals surface area contributed by atoms with Gasteiger partial charge in [0.1, 0.15) is 0 Å². The zero-order chi connectivity index (χ0) is 89.6. The van der Waals surface area contributed by atoms with E-state index >= 15 is 0 Å². The van der Waals surface area contributed by atoms with Crippen LogP contribution in [0, 0.1) is 23.7 Å². The predicted molar refractivity (Wildman–Crippen MR) is 538 cm³/mol. The number of hydrogen-bond acceptors (Lipinski definition) is 12. The zero-order valence-corrected chi connectivity index (χ0v) is 85.2. The highest BCUT2D eigenvalue weighted by molar-refractivity contribution is 5.73. The first kappa shape index (κ1) is 120. The van der Waals surface area contributed by atoms with Crippen molar-refractivity contribution < 1.29 is 38.1 Å². The molecule has 1 aliphatic heterocycles. The highest BCUT2D eigenvalue weighted by Crippen LogP contribution is 2.28. The van der Waals surface area contributed by atoms with E-state index in [0.717, 1.165) is 233 Å². The van der Waals surface area contributed by atoms with Gasteiger partial charge in [-0.05, 0) is 129 Å². The van der Waals surface area contributed by atoms with Crippen LogP contribution in [0.25, 0.3) is 0 Å². The van der Waals surface area contributed by atoms with Gasteiger partial charge in [0.05, 0.1) is 50.1 Å². The Morgan fingerprint density at radius 3 is 0.484 bits per heavy atom. The molecule has 12 heteroatoms. The topological polar surface area (TPSA) is 118 Å². The van der Waals surface area contributed by atoms with Crippen LogP contribution >= 0.6 is 0 Å². The first-order valence-corrected chi connectivity index (χ1v) is 56.7. The van der Waals surface area contributed by atoms with Crippen LogP contribution in [0.5, 0.6) is 0 Å². The second kappa shape index (κ2) is 96.8. The fourth-order valence-electron chi connectivity index (χ4n) is 19.1. The Hall–Kier alpha value is -2.28. The van der Waals surface area contributed by atoms with Crippen molar-refractivity contribution in [2.75, 3.05) is 105 Å². The van der Waals surface area contributed by atoms with E-state index in [-0.39, 0.29) is 47.5 Å². The molecule has 12 nitrogen and oxygen atoms in total. The Labute approximate surface area is 774 Å². The fraction of sp³-hybridized carbons (Fsp3) is 0.964. The smallest absolute Gasteiger partial charge is 0.308 e. The molecule has 0 spiro atoms. The van der Waals surface area contributed by atoms with Gasteiger partial charge in [-0.15, -0.1) is 0 Å². The van der Waals surface area contributed by atoms with Crippen LogP contribution in [0.4, 0.5) is 0 Å². The number of unbranched alkanes of at least 4 members (excludes halogenated alkanes) is 60. The third-order valence-electron chi connectivity index (χ3n) is 28.0. The van der Waals surface area contributed by atoms with E-state index in [1.165, 1.54) is 360 Å². The molecule has 0 aliphatic carbocycles. The molecule has 1 heterocycles. The summed E-state index contributed by atoms with van der Waals surface area (Å²) < 4.78 is 24.4. The van der Waals surface area contributed by atoms with Gasteiger partial charge in [-0.1, -0.05) is 466 Å². The van der Waals surface area contributed by atoms with Crippen LogP contribution in [0.2, 0.25) is 0 Å². The van der Waals surface area contributed by atoms with Crippen LogP contribution in [-0.4, -0.2) is 148 Å². The number of carbonyl (C=O) groups excluding carboxylic acids is 4. The highest BCUT2D eigenvalue weighted by Gasteiger charge is 2.25. The molecule has 0 N–H and O–H groups in total. The summed E-state index contributed by atoms with van der Waals surface area (Å²) in [5.41, 5.74) is 0. The molecule has 1 aliphatic rings. The SMILES string of the molecule is CCCCCCCCCCC(CCCCCCCC)C(=O)OCCCCCCN(CCCCCCOC(=O)C(CCCCCCCC)CCCCCCCCCC)CCN1CCN(CCN(CCCCCCOC(=O)C(CCCCCCCC)CCCCCCCCCC)CCCCCCOC(=O)C(CCCCCCCC)CCCCCCCCCC)CC1. The third-order valence-corrected chi connectivity index (χ3v) is 28.0. The molecule has 0 aromatic heterocycles. The maximum absolute atomic E-state index is 13.7. The van der Waals surface area contributed by atoms with Crippen LogP contribution in [0.3, 0.4) is 0 Å². The largest absolute Gasteiger partial charge is 0.465 e. The standard InChI is InChI=1S/C112H220N4O8/c1-9-17-25-33-41-45-53-69-85-105(81-65-49-37-29-21-13-5)109(117)121-101-77-61-57-73-89-113(90-74-58-62-78-102-122-110(118)106(82-66-50-38-30-22-14-6)86-70-54-46-42-34-26-18-10-2)93-95-115-97-99-116(100-98-115)96-94-114(91-75-59-63-79-103-123-111(119)107(83-67-51-39-31-23-15-7)87-71-55-47-43-35-27-19-11-3)92-76-60-64-80-104-124-112(120)108(84-68-52-40-32-24-16-8)88-72-56-48-44-36-28-20-12-4/h105-108H,9-104H2,1-8H3. The van der Waals surface area contributed by atoms with Gasteiger partial charge in [0.25, 0.3) is 0 Å². The van der Waals surface area contributed by atoms with Crippen LogP contribution < -0.4 is 0 Å². The monoisotopic (exact) mass is 1750 g/mol. The lowest BCUT2D eigenvalue weighted by atomic mass is 9.94. The van der Waals surface area contributed by atoms with E-state index < -0.39 is 0 Å². The van der Waals surface area contributed by atoms with E-state index in [4.69, 9.17) is 18.9 Å². The number of rotatable bonds is 102. The van der Waals surface area contributed by atoms with Crippen LogP contribution in [-0.2, 0) is 38.1 Å². The lowest BCUT2D eigenvalue weighted by Crippen LogP contribution is -2.50. The Kier molecular flexibility index (Phi) is 93.4. The number of carbonyl (C=O) groups is 4. The van der Waals surface area contributed by atoms with Crippen LogP contribution in [0.1, 0.15) is 569 Å². The Morgan fingerprint density at radius 1 is 0.185 bits per heavy atom. The van der Waals surface area contributed by atoms with Crippen molar-refractivity contribution in [3.8, 4) is 0 Å². The number of esters is 4. The van der Waals surface area contributed by atoms with Gasteiger partial charge in [-0.2, -0.15) is 0 Å². The maximum Gasteiger partial charge on any atom is 0.308 e. The minimum absolute atomic E-state index is 0.0652. The van der Waals surface area contributed by atoms with Crippen molar-refractivity contribution in [3.63, 3.8) is 0 Å². The first-order valence-electron chi connectivity index (χ1n) is 56.7. The summed E-state index contributed by atoms with van der Waals surface area (Å²) in [6, 6.07) is 0. The van der Waals surface area contributed by atoms with Gasteiger partial charge in [-0.3, -0.25) is 29.0 Å². The van der Waals surface area contributed by atoms with E-state index in [0.29, 0.717) is 26.4 Å². The molecule has 1 saturated heterocycles. The molecule has 4 atom stereocenters. The molecule has 0 bridgehead atoms. The lowest BCUT2D eigenvalue weighted by molar-refractivity contribution is -0.150. The van der Waals surface area contributed by atoms with Gasteiger partial charge < -0.3 is 28.7 Å². The van der Waals surface area contributed by atoms with E-state index in [2.05, 4.69) is 75.0 Å². The number of piperazine rings is 1. The second-order valence-corrected chi connectivity index (χ2v) is 39.8. The number of ether oxygens (including phenoxy) is 4. The summed E-state index contributed by atoms with van der Waals surface area (Å²) in [5, 5.41) is 0. The average molecular weight is 1750 g/mol. The van der Waals surface area contributed by atoms with E-state index in [1.54, 1.807) is 0 Å². The van der Waals surface area contributed by atoms with Crippen molar-refractivity contribution in [3.05, 3.63) is 0 Å². The molecule has 0 radical (unpaired) electrons. The molecule has 0 aromatic rings. The normalized spacial score (nSPS) is 13.8. The average Bonchev–Trinajstić information content (AvgIpc) is 0.880. The Balaban J connectivity index is 3.11. The van der Waals surface area contributed by atoms with Crippen molar-refractivity contribution in [1.82, 2.24) is 19.6 Å². The quantitative estimate of drug-likeness (QED) is 0.0328. The molecule has 1 rings (SSSR count). The lowest BCUT2D eigenvalue weighted by Gasteiger charge is -2.37.